The van der Waals surface area contributed by atoms with Gasteiger partial charge in [0.15, 0.2) is 0 Å². The summed E-state index contributed by atoms with van der Waals surface area (Å²) in [5.74, 6) is 0.304. The van der Waals surface area contributed by atoms with Crippen LogP contribution in [0.4, 0.5) is 5.69 Å². The van der Waals surface area contributed by atoms with Crippen LogP contribution in [0.1, 0.15) is 50.5 Å². The quantitative estimate of drug-likeness (QED) is 0.888. The molecule has 1 N–H and O–H groups in total. The normalized spacial score (nSPS) is 32.1. The molecule has 1 atom stereocenters. The highest BCUT2D eigenvalue weighted by Gasteiger charge is 2.50. The summed E-state index contributed by atoms with van der Waals surface area (Å²) in [7, 11) is 0. The molecule has 0 radical (unpaired) electrons. The van der Waals surface area contributed by atoms with E-state index in [0.717, 1.165) is 70.3 Å². The van der Waals surface area contributed by atoms with Gasteiger partial charge < -0.3 is 14.9 Å². The Balaban J connectivity index is 1.52. The molecular formula is C21H27N3O2. The summed E-state index contributed by atoms with van der Waals surface area (Å²) >= 11 is 0. The second kappa shape index (κ2) is 6.92. The number of para-hydroxylation sites is 1. The smallest absolute Gasteiger partial charge is 0.230 e. The van der Waals surface area contributed by atoms with Gasteiger partial charge in [0.05, 0.1) is 22.8 Å². The highest BCUT2D eigenvalue weighted by atomic mass is 16.3. The molecule has 1 aromatic carbocycles. The van der Waals surface area contributed by atoms with Crippen LogP contribution in [0.25, 0.3) is 0 Å². The van der Waals surface area contributed by atoms with Crippen molar-refractivity contribution in [3.05, 3.63) is 29.8 Å². The number of nitrogens with zero attached hydrogens (tertiary/aromatic N) is 3. The molecule has 138 valence electrons. The number of anilines is 1. The van der Waals surface area contributed by atoms with E-state index in [0.29, 0.717) is 17.5 Å². The summed E-state index contributed by atoms with van der Waals surface area (Å²) in [4.78, 5) is 17.7. The van der Waals surface area contributed by atoms with Crippen LogP contribution in [0.2, 0.25) is 0 Å². The number of amides is 1. The number of rotatable bonds is 2. The van der Waals surface area contributed by atoms with E-state index >= 15 is 0 Å². The second-order valence-corrected chi connectivity index (χ2v) is 8.15. The number of hydrogen-bond donors (Lipinski definition) is 1. The van der Waals surface area contributed by atoms with Crippen molar-refractivity contribution in [2.75, 3.05) is 24.5 Å². The van der Waals surface area contributed by atoms with E-state index in [-0.39, 0.29) is 11.5 Å². The lowest BCUT2D eigenvalue weighted by molar-refractivity contribution is -0.139. The van der Waals surface area contributed by atoms with Crippen LogP contribution in [0.5, 0.6) is 0 Å². The number of benzene rings is 1. The van der Waals surface area contributed by atoms with Crippen molar-refractivity contribution >= 4 is 11.6 Å². The third-order valence-electron chi connectivity index (χ3n) is 6.59. The summed E-state index contributed by atoms with van der Waals surface area (Å²) < 4.78 is 0. The number of carbonyl (C=O) groups is 1. The van der Waals surface area contributed by atoms with E-state index in [1.807, 2.05) is 24.3 Å². The molecule has 1 aliphatic carbocycles. The topological polar surface area (TPSA) is 67.6 Å². The first-order chi connectivity index (χ1) is 12.6. The number of nitriles is 1. The lowest BCUT2D eigenvalue weighted by Gasteiger charge is -2.41. The second-order valence-electron chi connectivity index (χ2n) is 8.15. The van der Waals surface area contributed by atoms with E-state index in [1.54, 1.807) is 0 Å². The molecule has 0 aromatic heterocycles. The first-order valence-corrected chi connectivity index (χ1v) is 9.86. The van der Waals surface area contributed by atoms with Crippen molar-refractivity contribution in [1.82, 2.24) is 4.90 Å². The molecule has 1 amide bonds. The van der Waals surface area contributed by atoms with Crippen molar-refractivity contribution in [3.63, 3.8) is 0 Å². The molecule has 1 saturated carbocycles. The molecule has 0 bridgehead atoms. The Morgan fingerprint density at radius 1 is 1.12 bits per heavy atom. The van der Waals surface area contributed by atoms with Crippen molar-refractivity contribution in [2.24, 2.45) is 5.41 Å². The number of hydrogen-bond acceptors (Lipinski definition) is 4. The minimum atomic E-state index is -0.295. The summed E-state index contributed by atoms with van der Waals surface area (Å²) in [5.41, 5.74) is 1.35. The van der Waals surface area contributed by atoms with Crippen LogP contribution in [-0.2, 0) is 4.79 Å². The third kappa shape index (κ3) is 2.97. The zero-order chi connectivity index (χ0) is 18.1. The Hall–Kier alpha value is -2.06. The summed E-state index contributed by atoms with van der Waals surface area (Å²) in [6.45, 7) is 2.47. The zero-order valence-corrected chi connectivity index (χ0v) is 15.2. The standard InChI is InChI=1S/C21H27N3O2/c22-14-16-4-1-2-5-19(16)23-12-3-10-21(15-23)11-13-24(20(21)26)17-6-8-18(25)9-7-17/h1-2,4-5,17-18,25H,3,6-13,15H2/t17-,18-,21-/m0/s1. The third-order valence-corrected chi connectivity index (χ3v) is 6.59. The van der Waals surface area contributed by atoms with Crippen LogP contribution in [0.3, 0.4) is 0 Å². The average molecular weight is 353 g/mol. The maximum absolute atomic E-state index is 13.4. The Kier molecular flexibility index (Phi) is 4.62. The molecule has 3 fully saturated rings. The van der Waals surface area contributed by atoms with Crippen LogP contribution in [0, 0.1) is 16.7 Å². The number of piperidine rings is 1. The van der Waals surface area contributed by atoms with Gasteiger partial charge in [0, 0.05) is 25.7 Å². The van der Waals surface area contributed by atoms with Gasteiger partial charge in [-0.15, -0.1) is 0 Å². The van der Waals surface area contributed by atoms with Gasteiger partial charge in [0.2, 0.25) is 5.91 Å². The van der Waals surface area contributed by atoms with Gasteiger partial charge in [-0.25, -0.2) is 0 Å². The van der Waals surface area contributed by atoms with Crippen molar-refractivity contribution < 1.29 is 9.90 Å². The molecule has 2 aliphatic heterocycles. The van der Waals surface area contributed by atoms with Gasteiger partial charge in [0.1, 0.15) is 6.07 Å². The van der Waals surface area contributed by atoms with Crippen molar-refractivity contribution in [2.45, 2.75) is 57.1 Å². The zero-order valence-electron chi connectivity index (χ0n) is 15.2. The average Bonchev–Trinajstić information content (AvgIpc) is 2.98. The van der Waals surface area contributed by atoms with Gasteiger partial charge in [-0.3, -0.25) is 4.79 Å². The lowest BCUT2D eigenvalue weighted by Crippen LogP contribution is -2.50. The van der Waals surface area contributed by atoms with Gasteiger partial charge in [-0.05, 0) is 57.1 Å². The molecule has 3 aliphatic rings. The first kappa shape index (κ1) is 17.4. The molecule has 2 heterocycles. The fourth-order valence-electron chi connectivity index (χ4n) is 5.13. The number of aliphatic hydroxyl groups is 1. The summed E-state index contributed by atoms with van der Waals surface area (Å²) in [5, 5.41) is 19.2. The minimum Gasteiger partial charge on any atom is -0.393 e. The van der Waals surface area contributed by atoms with Crippen LogP contribution >= 0.6 is 0 Å². The molecule has 4 rings (SSSR count). The fraction of sp³-hybridized carbons (Fsp3) is 0.619. The Morgan fingerprint density at radius 3 is 2.65 bits per heavy atom. The fourth-order valence-corrected chi connectivity index (χ4v) is 5.13. The van der Waals surface area contributed by atoms with E-state index in [1.165, 1.54) is 0 Å². The van der Waals surface area contributed by atoms with Gasteiger partial charge in [-0.1, -0.05) is 12.1 Å². The van der Waals surface area contributed by atoms with E-state index in [9.17, 15) is 15.2 Å². The molecular weight excluding hydrogens is 326 g/mol. The Labute approximate surface area is 155 Å². The van der Waals surface area contributed by atoms with Crippen molar-refractivity contribution in [1.29, 1.82) is 5.26 Å². The highest BCUT2D eigenvalue weighted by molar-refractivity contribution is 5.86. The molecule has 5 heteroatoms. The highest BCUT2D eigenvalue weighted by Crippen LogP contribution is 2.43. The summed E-state index contributed by atoms with van der Waals surface area (Å²) in [6, 6.07) is 10.3. The Bertz CT molecular complexity index is 720. The van der Waals surface area contributed by atoms with Crippen molar-refractivity contribution in [3.8, 4) is 6.07 Å². The molecule has 1 spiro atoms. The van der Waals surface area contributed by atoms with E-state index in [2.05, 4.69) is 15.9 Å². The number of aliphatic hydroxyl groups excluding tert-OH is 1. The number of likely N-dealkylation sites (tertiary alicyclic amines) is 1. The monoisotopic (exact) mass is 353 g/mol. The minimum absolute atomic E-state index is 0.189. The summed E-state index contributed by atoms with van der Waals surface area (Å²) in [6.07, 6.45) is 6.12. The lowest BCUT2D eigenvalue weighted by atomic mass is 9.78. The van der Waals surface area contributed by atoms with Gasteiger partial charge in [-0.2, -0.15) is 5.26 Å². The number of carbonyl (C=O) groups excluding carboxylic acids is 1. The predicted molar refractivity (Wildman–Crippen MR) is 99.6 cm³/mol. The predicted octanol–water partition coefficient (Wildman–Crippen LogP) is 2.68. The Morgan fingerprint density at radius 2 is 1.88 bits per heavy atom. The van der Waals surface area contributed by atoms with Gasteiger partial charge in [0.25, 0.3) is 0 Å². The molecule has 1 aromatic rings. The SMILES string of the molecule is N#Cc1ccccc1N1CCC[C@]2(CCN([C@H]3CC[C@H](O)CC3)C2=O)C1. The first-order valence-electron chi connectivity index (χ1n) is 9.86. The molecule has 5 nitrogen and oxygen atoms in total. The van der Waals surface area contributed by atoms with Crippen LogP contribution in [-0.4, -0.2) is 47.7 Å². The van der Waals surface area contributed by atoms with Gasteiger partial charge >= 0.3 is 0 Å². The molecule has 2 saturated heterocycles. The van der Waals surface area contributed by atoms with E-state index < -0.39 is 0 Å². The maximum Gasteiger partial charge on any atom is 0.230 e. The van der Waals surface area contributed by atoms with E-state index in [4.69, 9.17) is 0 Å². The molecule has 0 unspecified atom stereocenters. The largest absolute Gasteiger partial charge is 0.393 e. The maximum atomic E-state index is 13.4. The molecule has 26 heavy (non-hydrogen) atoms. The van der Waals surface area contributed by atoms with Crippen LogP contribution < -0.4 is 4.90 Å². The van der Waals surface area contributed by atoms with Crippen LogP contribution in [0.15, 0.2) is 24.3 Å².